The van der Waals surface area contributed by atoms with Crippen LogP contribution < -0.4 is 16.2 Å². The molecule has 17 heavy (non-hydrogen) atoms. The predicted molar refractivity (Wildman–Crippen MR) is 70.8 cm³/mol. The molecule has 1 amide bonds. The van der Waals surface area contributed by atoms with Gasteiger partial charge in [-0.3, -0.25) is 5.43 Å². The smallest absolute Gasteiger partial charge is 0.425 e. The number of hydrazine groups is 1. The molecule has 0 saturated heterocycles. The van der Waals surface area contributed by atoms with Gasteiger partial charge in [0.05, 0.1) is 7.11 Å². The maximum Gasteiger partial charge on any atom is 0.425 e. The number of thiocarbonyl (C=S) groups is 1. The Hall–Kier alpha value is -1.82. The molecule has 0 aromatic heterocycles. The first kappa shape index (κ1) is 13.2. The van der Waals surface area contributed by atoms with E-state index in [1.165, 1.54) is 18.2 Å². The Kier molecular flexibility index (Phi) is 4.71. The van der Waals surface area contributed by atoms with Crippen molar-refractivity contribution in [2.24, 2.45) is 0 Å². The molecule has 6 heteroatoms. The van der Waals surface area contributed by atoms with E-state index >= 15 is 0 Å². The van der Waals surface area contributed by atoms with Gasteiger partial charge >= 0.3 is 6.09 Å². The number of carbonyl (C=O) groups is 1. The molecule has 0 atom stereocenters. The summed E-state index contributed by atoms with van der Waals surface area (Å²) in [6.07, 6.45) is -0.603. The number of anilines is 1. The van der Waals surface area contributed by atoms with Crippen molar-refractivity contribution in [3.63, 3.8) is 0 Å². The third kappa shape index (κ3) is 4.28. The zero-order valence-electron chi connectivity index (χ0n) is 9.96. The number of hydrogen-bond donors (Lipinski definition) is 3. The van der Waals surface area contributed by atoms with Crippen LogP contribution >= 0.6 is 12.2 Å². The molecule has 92 valence electrons. The fourth-order valence-electron chi connectivity index (χ4n) is 1.14. The Morgan fingerprint density at radius 1 is 1.24 bits per heavy atom. The topological polar surface area (TPSA) is 62.4 Å². The average molecular weight is 253 g/mol. The van der Waals surface area contributed by atoms with E-state index in [0.29, 0.717) is 5.11 Å². The van der Waals surface area contributed by atoms with Crippen LogP contribution in [-0.2, 0) is 4.74 Å². The first-order chi connectivity index (χ1) is 8.02. The van der Waals surface area contributed by atoms with Gasteiger partial charge in [0.2, 0.25) is 0 Å². The highest BCUT2D eigenvalue weighted by Crippen LogP contribution is 2.13. The molecule has 0 fully saturated rings. The van der Waals surface area contributed by atoms with Crippen molar-refractivity contribution in [3.05, 3.63) is 29.3 Å². The minimum absolute atomic E-state index is 0.290. The van der Waals surface area contributed by atoms with Gasteiger partial charge in [0, 0.05) is 5.69 Å². The first-order valence-electron chi connectivity index (χ1n) is 5.01. The highest BCUT2D eigenvalue weighted by atomic mass is 32.1. The van der Waals surface area contributed by atoms with Crippen molar-refractivity contribution in [1.29, 1.82) is 0 Å². The molecule has 0 radical (unpaired) electrons. The van der Waals surface area contributed by atoms with E-state index in [0.717, 1.165) is 5.69 Å². The van der Waals surface area contributed by atoms with Gasteiger partial charge in [-0.25, -0.2) is 10.2 Å². The standard InChI is InChI=1S/C11H15N3O2S/c1-7-4-5-9(6-8(7)2)12-10(17)13-14-11(15)16-3/h4-6H,1-3H3,(H,14,15)(H2,12,13,17). The highest BCUT2D eigenvalue weighted by Gasteiger charge is 2.01. The molecule has 0 heterocycles. The number of benzene rings is 1. The van der Waals surface area contributed by atoms with Crippen LogP contribution in [0.2, 0.25) is 0 Å². The molecular weight excluding hydrogens is 238 g/mol. The van der Waals surface area contributed by atoms with Gasteiger partial charge in [-0.05, 0) is 49.3 Å². The predicted octanol–water partition coefficient (Wildman–Crippen LogP) is 1.86. The number of carbonyl (C=O) groups excluding carboxylic acids is 1. The highest BCUT2D eigenvalue weighted by molar-refractivity contribution is 7.80. The molecule has 0 spiro atoms. The second-order valence-electron chi connectivity index (χ2n) is 3.49. The summed E-state index contributed by atoms with van der Waals surface area (Å²) in [5.41, 5.74) is 8.01. The molecule has 0 bridgehead atoms. The molecule has 0 aliphatic heterocycles. The number of nitrogens with one attached hydrogen (secondary N) is 3. The minimum Gasteiger partial charge on any atom is -0.452 e. The quantitative estimate of drug-likeness (QED) is 0.527. The average Bonchev–Trinajstić information content (AvgIpc) is 2.31. The molecule has 1 rings (SSSR count). The fraction of sp³-hybridized carbons (Fsp3) is 0.273. The van der Waals surface area contributed by atoms with Crippen molar-refractivity contribution >= 4 is 29.1 Å². The van der Waals surface area contributed by atoms with Crippen LogP contribution in [-0.4, -0.2) is 18.3 Å². The maximum absolute atomic E-state index is 10.8. The van der Waals surface area contributed by atoms with Crippen LogP contribution in [0.3, 0.4) is 0 Å². The lowest BCUT2D eigenvalue weighted by Gasteiger charge is -2.11. The molecule has 1 aromatic rings. The first-order valence-corrected chi connectivity index (χ1v) is 5.42. The second-order valence-corrected chi connectivity index (χ2v) is 3.90. The third-order valence-electron chi connectivity index (χ3n) is 2.23. The fourth-order valence-corrected chi connectivity index (χ4v) is 1.31. The van der Waals surface area contributed by atoms with Gasteiger partial charge in [-0.15, -0.1) is 0 Å². The van der Waals surface area contributed by atoms with Crippen LogP contribution in [0.1, 0.15) is 11.1 Å². The molecule has 0 saturated carbocycles. The lowest BCUT2D eigenvalue weighted by Crippen LogP contribution is -2.43. The van der Waals surface area contributed by atoms with Crippen molar-refractivity contribution in [1.82, 2.24) is 10.9 Å². The molecule has 1 aromatic carbocycles. The monoisotopic (exact) mass is 253 g/mol. The number of methoxy groups -OCH3 is 1. The zero-order chi connectivity index (χ0) is 12.8. The van der Waals surface area contributed by atoms with Crippen molar-refractivity contribution in [2.75, 3.05) is 12.4 Å². The van der Waals surface area contributed by atoms with Crippen LogP contribution in [0.15, 0.2) is 18.2 Å². The van der Waals surface area contributed by atoms with Crippen molar-refractivity contribution in [2.45, 2.75) is 13.8 Å². The molecule has 0 aliphatic carbocycles. The Bertz CT molecular complexity index is 435. The molecule has 5 nitrogen and oxygen atoms in total. The number of hydrogen-bond acceptors (Lipinski definition) is 3. The lowest BCUT2D eigenvalue weighted by atomic mass is 10.1. The summed E-state index contributed by atoms with van der Waals surface area (Å²) in [4.78, 5) is 10.8. The van der Waals surface area contributed by atoms with E-state index in [9.17, 15) is 4.79 Å². The van der Waals surface area contributed by atoms with Crippen LogP contribution in [0.25, 0.3) is 0 Å². The Labute approximate surface area is 106 Å². The molecule has 3 N–H and O–H groups in total. The van der Waals surface area contributed by atoms with Crippen LogP contribution in [0.5, 0.6) is 0 Å². The van der Waals surface area contributed by atoms with Gasteiger partial charge in [-0.2, -0.15) is 0 Å². The summed E-state index contributed by atoms with van der Waals surface area (Å²) >= 11 is 4.99. The van der Waals surface area contributed by atoms with Crippen molar-refractivity contribution in [3.8, 4) is 0 Å². The number of aryl methyl sites for hydroxylation is 2. The van der Waals surface area contributed by atoms with E-state index in [1.807, 2.05) is 32.0 Å². The van der Waals surface area contributed by atoms with Gasteiger partial charge in [0.15, 0.2) is 5.11 Å². The minimum atomic E-state index is -0.603. The number of rotatable bonds is 1. The van der Waals surface area contributed by atoms with E-state index in [1.54, 1.807) is 0 Å². The van der Waals surface area contributed by atoms with Crippen molar-refractivity contribution < 1.29 is 9.53 Å². The Morgan fingerprint density at radius 3 is 2.53 bits per heavy atom. The van der Waals surface area contributed by atoms with Crippen LogP contribution in [0, 0.1) is 13.8 Å². The van der Waals surface area contributed by atoms with Gasteiger partial charge in [-0.1, -0.05) is 6.07 Å². The van der Waals surface area contributed by atoms with E-state index < -0.39 is 6.09 Å². The Balaban J connectivity index is 2.50. The SMILES string of the molecule is COC(=O)NNC(=S)Nc1ccc(C)c(C)c1. The Morgan fingerprint density at radius 2 is 1.94 bits per heavy atom. The lowest BCUT2D eigenvalue weighted by molar-refractivity contribution is 0.169. The normalized spacial score (nSPS) is 9.35. The summed E-state index contributed by atoms with van der Waals surface area (Å²) in [7, 11) is 1.27. The number of amides is 1. The maximum atomic E-state index is 10.8. The van der Waals surface area contributed by atoms with Crippen LogP contribution in [0.4, 0.5) is 10.5 Å². The summed E-state index contributed by atoms with van der Waals surface area (Å²) in [6.45, 7) is 4.05. The number of ether oxygens (including phenoxy) is 1. The van der Waals surface area contributed by atoms with Gasteiger partial charge < -0.3 is 10.1 Å². The molecule has 0 unspecified atom stereocenters. The third-order valence-corrected chi connectivity index (χ3v) is 2.43. The molecular formula is C11H15N3O2S. The summed E-state index contributed by atoms with van der Waals surface area (Å²) in [5.74, 6) is 0. The van der Waals surface area contributed by atoms with E-state index in [-0.39, 0.29) is 0 Å². The molecule has 0 aliphatic rings. The van der Waals surface area contributed by atoms with E-state index in [4.69, 9.17) is 12.2 Å². The zero-order valence-corrected chi connectivity index (χ0v) is 10.8. The summed E-state index contributed by atoms with van der Waals surface area (Å²) in [6, 6.07) is 5.88. The van der Waals surface area contributed by atoms with E-state index in [2.05, 4.69) is 20.9 Å². The largest absolute Gasteiger partial charge is 0.452 e. The summed E-state index contributed by atoms with van der Waals surface area (Å²) < 4.78 is 4.39. The second kappa shape index (κ2) is 6.05. The van der Waals surface area contributed by atoms with Gasteiger partial charge in [0.1, 0.15) is 0 Å². The summed E-state index contributed by atoms with van der Waals surface area (Å²) in [5, 5.41) is 3.23. The van der Waals surface area contributed by atoms with Gasteiger partial charge in [0.25, 0.3) is 0 Å².